The summed E-state index contributed by atoms with van der Waals surface area (Å²) in [6, 6.07) is 5.02. The van der Waals surface area contributed by atoms with Crippen LogP contribution in [0.3, 0.4) is 0 Å². The quantitative estimate of drug-likeness (QED) is 0.115. The zero-order chi connectivity index (χ0) is 32.9. The van der Waals surface area contributed by atoms with Crippen molar-refractivity contribution in [3.8, 4) is 40.1 Å². The first-order chi connectivity index (χ1) is 21.2. The molecule has 2 fully saturated rings. The topological polar surface area (TPSA) is 307 Å². The normalized spacial score (nSPS) is 31.9. The molecule has 11 N–H and O–H groups in total. The number of hydrogen-bond acceptors (Lipinski definition) is 17. The van der Waals surface area contributed by atoms with Gasteiger partial charge in [-0.3, -0.25) is 4.79 Å². The highest BCUT2D eigenvalue weighted by Gasteiger charge is 2.48. The molecule has 45 heavy (non-hydrogen) atoms. The number of carboxylic acids is 1. The molecule has 0 unspecified atom stereocenters. The summed E-state index contributed by atoms with van der Waals surface area (Å²) in [6.07, 6.45) is -18.8. The second kappa shape index (κ2) is 12.3. The van der Waals surface area contributed by atoms with Crippen molar-refractivity contribution in [2.45, 2.75) is 61.4 Å². The van der Waals surface area contributed by atoms with E-state index in [0.29, 0.717) is 0 Å². The minimum atomic E-state index is -2.01. The number of rotatable bonds is 7. The fraction of sp³-hybridized carbons (Fsp3) is 0.407. The number of ether oxygens (including phenoxy) is 4. The number of phenols is 3. The number of aliphatic hydroxyl groups excluding tert-OH is 7. The molecule has 5 rings (SSSR count). The van der Waals surface area contributed by atoms with Crippen LogP contribution < -0.4 is 14.9 Å². The molecule has 0 saturated carbocycles. The van der Waals surface area contributed by atoms with Crippen LogP contribution in [0.4, 0.5) is 0 Å². The zero-order valence-corrected chi connectivity index (χ0v) is 22.6. The maximum absolute atomic E-state index is 13.7. The highest BCUT2D eigenvalue weighted by molar-refractivity contribution is 5.88. The van der Waals surface area contributed by atoms with Crippen LogP contribution in [-0.4, -0.2) is 130 Å². The summed E-state index contributed by atoms with van der Waals surface area (Å²) in [4.78, 5) is 25.2. The molecule has 2 aliphatic heterocycles. The van der Waals surface area contributed by atoms with Crippen LogP contribution in [-0.2, 0) is 14.3 Å². The second-order valence-corrected chi connectivity index (χ2v) is 10.3. The number of carbonyl (C=O) groups is 1. The summed E-state index contributed by atoms with van der Waals surface area (Å²) in [5, 5.41) is 110. The number of aliphatic hydroxyl groups is 7. The Morgan fingerprint density at radius 2 is 1.40 bits per heavy atom. The van der Waals surface area contributed by atoms with Crippen molar-refractivity contribution in [1.82, 2.24) is 0 Å². The van der Waals surface area contributed by atoms with Crippen LogP contribution in [0.15, 0.2) is 39.5 Å². The lowest BCUT2D eigenvalue weighted by molar-refractivity contribution is -0.277. The summed E-state index contributed by atoms with van der Waals surface area (Å²) in [5.41, 5.74) is -1.65. The molecule has 0 aliphatic carbocycles. The number of phenolic OH excluding ortho intramolecular Hbond substituents is 3. The lowest BCUT2D eigenvalue weighted by Crippen LogP contribution is -2.61. The Hall–Kier alpha value is -4.24. The van der Waals surface area contributed by atoms with E-state index < -0.39 is 119 Å². The van der Waals surface area contributed by atoms with Gasteiger partial charge in [-0.1, -0.05) is 0 Å². The van der Waals surface area contributed by atoms with Gasteiger partial charge in [-0.15, -0.1) is 0 Å². The van der Waals surface area contributed by atoms with Gasteiger partial charge < -0.3 is 79.5 Å². The van der Waals surface area contributed by atoms with E-state index in [1.54, 1.807) is 0 Å². The number of aliphatic carboxylic acids is 1. The molecule has 3 heterocycles. The third-order valence-electron chi connectivity index (χ3n) is 7.29. The first-order valence-electron chi connectivity index (χ1n) is 13.2. The van der Waals surface area contributed by atoms with Crippen molar-refractivity contribution in [1.29, 1.82) is 0 Å². The maximum atomic E-state index is 13.7. The van der Waals surface area contributed by atoms with Gasteiger partial charge in [0.2, 0.25) is 23.8 Å². The van der Waals surface area contributed by atoms with Gasteiger partial charge in [-0.05, 0) is 18.2 Å². The molecule has 1 aromatic heterocycles. The van der Waals surface area contributed by atoms with Gasteiger partial charge in [0.15, 0.2) is 23.4 Å². The van der Waals surface area contributed by atoms with Gasteiger partial charge in [-0.25, -0.2) is 4.79 Å². The molecular weight excluding hydrogens is 612 g/mol. The van der Waals surface area contributed by atoms with E-state index in [2.05, 4.69) is 0 Å². The van der Waals surface area contributed by atoms with Crippen molar-refractivity contribution in [2.24, 2.45) is 0 Å². The number of benzene rings is 2. The average molecular weight is 641 g/mol. The summed E-state index contributed by atoms with van der Waals surface area (Å²) in [6.45, 7) is -0.817. The van der Waals surface area contributed by atoms with E-state index in [1.807, 2.05) is 0 Å². The van der Waals surface area contributed by atoms with Crippen molar-refractivity contribution in [3.05, 3.63) is 40.6 Å². The lowest BCUT2D eigenvalue weighted by atomic mass is 9.99. The smallest absolute Gasteiger partial charge is 0.335 e. The Bertz CT molecular complexity index is 1640. The zero-order valence-electron chi connectivity index (χ0n) is 22.6. The van der Waals surface area contributed by atoms with Crippen LogP contribution in [0.1, 0.15) is 0 Å². The highest BCUT2D eigenvalue weighted by Crippen LogP contribution is 2.40. The van der Waals surface area contributed by atoms with Gasteiger partial charge in [0, 0.05) is 17.7 Å². The average Bonchev–Trinajstić information content (AvgIpc) is 2.99. The van der Waals surface area contributed by atoms with Gasteiger partial charge in [-0.2, -0.15) is 0 Å². The fourth-order valence-electron chi connectivity index (χ4n) is 4.85. The predicted molar refractivity (Wildman–Crippen MR) is 142 cm³/mol. The molecule has 10 atom stereocenters. The van der Waals surface area contributed by atoms with Gasteiger partial charge in [0.25, 0.3) is 0 Å². The Morgan fingerprint density at radius 3 is 2.02 bits per heavy atom. The maximum Gasteiger partial charge on any atom is 0.335 e. The van der Waals surface area contributed by atoms with Gasteiger partial charge in [0.1, 0.15) is 65.2 Å². The Labute approximate surface area is 250 Å². The molecule has 2 aromatic carbocycles. The Morgan fingerprint density at radius 1 is 0.756 bits per heavy atom. The van der Waals surface area contributed by atoms with Crippen molar-refractivity contribution < 1.29 is 84.3 Å². The van der Waals surface area contributed by atoms with Crippen molar-refractivity contribution >= 4 is 16.9 Å². The van der Waals surface area contributed by atoms with Gasteiger partial charge in [0.05, 0.1) is 6.61 Å². The number of carboxylic acid groups (broad SMARTS) is 1. The van der Waals surface area contributed by atoms with Crippen LogP contribution in [0, 0.1) is 0 Å². The number of aromatic hydroxyl groups is 3. The van der Waals surface area contributed by atoms with E-state index in [-0.39, 0.29) is 11.3 Å². The largest absolute Gasteiger partial charge is 0.507 e. The molecule has 18 heteroatoms. The molecule has 2 aliphatic rings. The lowest BCUT2D eigenvalue weighted by Gasteiger charge is -2.39. The summed E-state index contributed by atoms with van der Waals surface area (Å²) in [7, 11) is 0. The minimum Gasteiger partial charge on any atom is -0.507 e. The molecule has 18 nitrogen and oxygen atoms in total. The summed E-state index contributed by atoms with van der Waals surface area (Å²) in [5.74, 6) is -5.35. The van der Waals surface area contributed by atoms with E-state index >= 15 is 0 Å². The van der Waals surface area contributed by atoms with E-state index in [4.69, 9.17) is 23.4 Å². The molecule has 244 valence electrons. The van der Waals surface area contributed by atoms with Crippen molar-refractivity contribution in [3.63, 3.8) is 0 Å². The minimum absolute atomic E-state index is 0.109. The Kier molecular flexibility index (Phi) is 8.77. The molecule has 0 radical (unpaired) electrons. The number of hydrogen-bond donors (Lipinski definition) is 11. The SMILES string of the molecule is O=C(O)[C@H]1O[C@@H](Oc2cc(O)c3c(=O)c(O[C@@H]4O[C@H](CO)[C@@H](O)[C@H](O)[C@H]4O)c(-c4ccc(O)c(O)c4)oc3c2)[C@H](O)[C@@H](O)[C@@H]1O. The summed E-state index contributed by atoms with van der Waals surface area (Å²) < 4.78 is 27.2. The monoisotopic (exact) mass is 640 g/mol. The summed E-state index contributed by atoms with van der Waals surface area (Å²) >= 11 is 0. The first kappa shape index (κ1) is 32.2. The second-order valence-electron chi connectivity index (χ2n) is 10.3. The third kappa shape index (κ3) is 5.81. The molecule has 0 bridgehead atoms. The molecule has 0 amide bonds. The number of fused-ring (bicyclic) bond motifs is 1. The fourth-order valence-corrected chi connectivity index (χ4v) is 4.85. The van der Waals surface area contributed by atoms with Gasteiger partial charge >= 0.3 is 5.97 Å². The van der Waals surface area contributed by atoms with Crippen LogP contribution in [0.5, 0.6) is 28.7 Å². The molecule has 2 saturated heterocycles. The van der Waals surface area contributed by atoms with Crippen LogP contribution in [0.2, 0.25) is 0 Å². The van der Waals surface area contributed by atoms with Crippen LogP contribution >= 0.6 is 0 Å². The molecular formula is C27H28O18. The first-order valence-corrected chi connectivity index (χ1v) is 13.2. The van der Waals surface area contributed by atoms with E-state index in [0.717, 1.165) is 24.3 Å². The Balaban J connectivity index is 1.60. The van der Waals surface area contributed by atoms with Crippen LogP contribution in [0.25, 0.3) is 22.3 Å². The predicted octanol–water partition coefficient (Wildman–Crippen LogP) is -2.97. The molecule has 0 spiro atoms. The highest BCUT2D eigenvalue weighted by atomic mass is 16.7. The molecule has 3 aromatic rings. The third-order valence-corrected chi connectivity index (χ3v) is 7.29. The standard InChI is InChI=1S/C27H28O18/c28-6-13-15(32)17(34)20(37)27(43-13)44-23-16(33)14-11(31)4-8(41-26-21(38)18(35)19(36)24(45-26)25(39)40)5-12(14)42-22(23)7-1-2-9(29)10(30)3-7/h1-5,13,15,17-21,24,26-32,34-38H,6H2,(H,39,40)/t13-,15-,17+,18+,19+,20-,21-,24+,26-,27+/m1/s1. The van der Waals surface area contributed by atoms with Crippen molar-refractivity contribution in [2.75, 3.05) is 6.61 Å². The van der Waals surface area contributed by atoms with E-state index in [9.17, 15) is 65.8 Å². The van der Waals surface area contributed by atoms with E-state index in [1.165, 1.54) is 6.07 Å².